The number of carbonyl (C=O) groups excluding carboxylic acids is 1. The first kappa shape index (κ1) is 17.4. The number of carboxylic acid groups (broad SMARTS) is 1. The smallest absolute Gasteiger partial charge is 0.337 e. The topological polar surface area (TPSA) is 75.6 Å². The van der Waals surface area contributed by atoms with Gasteiger partial charge in [-0.25, -0.2) is 4.79 Å². The second kappa shape index (κ2) is 7.55. The minimum atomic E-state index is -1.18. The van der Waals surface area contributed by atoms with Crippen LogP contribution in [0.25, 0.3) is 0 Å². The van der Waals surface area contributed by atoms with Crippen molar-refractivity contribution in [1.29, 1.82) is 0 Å². The van der Waals surface area contributed by atoms with Gasteiger partial charge in [0, 0.05) is 10.0 Å². The van der Waals surface area contributed by atoms with Gasteiger partial charge in [-0.1, -0.05) is 34.8 Å². The number of aromatic carboxylic acids is 1. The molecule has 0 aliphatic rings. The van der Waals surface area contributed by atoms with Gasteiger partial charge >= 0.3 is 5.97 Å². The van der Waals surface area contributed by atoms with Crippen LogP contribution >= 0.6 is 34.8 Å². The highest BCUT2D eigenvalue weighted by Gasteiger charge is 2.14. The number of hydrogen-bond acceptors (Lipinski definition) is 3. The number of carboxylic acids is 1. The van der Waals surface area contributed by atoms with E-state index in [4.69, 9.17) is 44.6 Å². The molecule has 0 bridgehead atoms. The average Bonchev–Trinajstić information content (AvgIpc) is 2.46. The molecule has 5 nitrogen and oxygen atoms in total. The summed E-state index contributed by atoms with van der Waals surface area (Å²) in [6.07, 6.45) is 0. The van der Waals surface area contributed by atoms with Crippen LogP contribution in [-0.2, 0) is 4.79 Å². The quantitative estimate of drug-likeness (QED) is 0.815. The van der Waals surface area contributed by atoms with E-state index in [1.165, 1.54) is 30.3 Å². The minimum absolute atomic E-state index is 0.0766. The predicted molar refractivity (Wildman–Crippen MR) is 89.0 cm³/mol. The molecule has 0 saturated heterocycles. The van der Waals surface area contributed by atoms with Crippen molar-refractivity contribution in [3.63, 3.8) is 0 Å². The Morgan fingerprint density at radius 1 is 1.04 bits per heavy atom. The van der Waals surface area contributed by atoms with E-state index < -0.39 is 11.9 Å². The summed E-state index contributed by atoms with van der Waals surface area (Å²) in [6, 6.07) is 8.65. The zero-order valence-corrected chi connectivity index (χ0v) is 13.7. The molecule has 1 amide bonds. The van der Waals surface area contributed by atoms with Crippen molar-refractivity contribution in [2.45, 2.75) is 0 Å². The monoisotopic (exact) mass is 373 g/mol. The van der Waals surface area contributed by atoms with Gasteiger partial charge in [0.2, 0.25) is 0 Å². The van der Waals surface area contributed by atoms with Gasteiger partial charge in [-0.15, -0.1) is 0 Å². The number of ether oxygens (including phenoxy) is 1. The van der Waals surface area contributed by atoms with Crippen molar-refractivity contribution < 1.29 is 19.4 Å². The number of amides is 1. The lowest BCUT2D eigenvalue weighted by Crippen LogP contribution is -2.21. The largest absolute Gasteiger partial charge is 0.482 e. The summed E-state index contributed by atoms with van der Waals surface area (Å²) in [6.45, 7) is -0.354. The van der Waals surface area contributed by atoms with Gasteiger partial charge in [0.15, 0.2) is 6.61 Å². The first-order valence-electron chi connectivity index (χ1n) is 6.27. The lowest BCUT2D eigenvalue weighted by Gasteiger charge is -2.11. The maximum absolute atomic E-state index is 11.9. The first-order valence-corrected chi connectivity index (χ1v) is 7.41. The Hall–Kier alpha value is -1.95. The molecule has 0 atom stereocenters. The lowest BCUT2D eigenvalue weighted by molar-refractivity contribution is -0.118. The summed E-state index contributed by atoms with van der Waals surface area (Å²) in [7, 11) is 0. The SMILES string of the molecule is O=C(COc1ccc(Cl)cc1Cl)Nc1cc(Cl)ccc1C(=O)O. The van der Waals surface area contributed by atoms with Crippen LogP contribution in [0.15, 0.2) is 36.4 Å². The van der Waals surface area contributed by atoms with Crippen molar-refractivity contribution >= 4 is 52.4 Å². The Morgan fingerprint density at radius 3 is 2.35 bits per heavy atom. The fourth-order valence-corrected chi connectivity index (χ4v) is 2.36. The van der Waals surface area contributed by atoms with E-state index in [1.54, 1.807) is 6.07 Å². The molecular weight excluding hydrogens is 365 g/mol. The Morgan fingerprint density at radius 2 is 1.70 bits per heavy atom. The molecule has 23 heavy (non-hydrogen) atoms. The molecule has 8 heteroatoms. The number of anilines is 1. The Kier molecular flexibility index (Phi) is 5.71. The van der Waals surface area contributed by atoms with E-state index >= 15 is 0 Å². The third kappa shape index (κ3) is 4.76. The molecular formula is C15H10Cl3NO4. The Balaban J connectivity index is 2.05. The molecule has 2 N–H and O–H groups in total. The van der Waals surface area contributed by atoms with Crippen molar-refractivity contribution in [3.8, 4) is 5.75 Å². The number of rotatable bonds is 5. The molecule has 0 unspecified atom stereocenters. The molecule has 2 aromatic carbocycles. The lowest BCUT2D eigenvalue weighted by atomic mass is 10.2. The maximum Gasteiger partial charge on any atom is 0.337 e. The highest BCUT2D eigenvalue weighted by Crippen LogP contribution is 2.27. The predicted octanol–water partition coefficient (Wildman–Crippen LogP) is 4.36. The standard InChI is InChI=1S/C15H10Cl3NO4/c16-8-2-4-13(11(18)5-8)23-7-14(20)19-12-6-9(17)1-3-10(12)15(21)22/h1-6H,7H2,(H,19,20)(H,21,22). The van der Waals surface area contributed by atoms with Crippen molar-refractivity contribution in [2.24, 2.45) is 0 Å². The summed E-state index contributed by atoms with van der Waals surface area (Å²) in [5.74, 6) is -1.45. The Bertz CT molecular complexity index is 764. The number of nitrogens with one attached hydrogen (secondary N) is 1. The molecule has 2 rings (SSSR count). The van der Waals surface area contributed by atoms with Crippen LogP contribution in [0.2, 0.25) is 15.1 Å². The van der Waals surface area contributed by atoms with Crippen molar-refractivity contribution in [1.82, 2.24) is 0 Å². The zero-order valence-electron chi connectivity index (χ0n) is 11.5. The van der Waals surface area contributed by atoms with Gasteiger partial charge in [-0.05, 0) is 36.4 Å². The number of carbonyl (C=O) groups is 2. The van der Waals surface area contributed by atoms with E-state index in [9.17, 15) is 9.59 Å². The minimum Gasteiger partial charge on any atom is -0.482 e. The first-order chi connectivity index (χ1) is 10.9. The molecule has 0 saturated carbocycles. The van der Waals surface area contributed by atoms with Crippen LogP contribution in [0, 0.1) is 0 Å². The molecule has 0 aromatic heterocycles. The summed E-state index contributed by atoms with van der Waals surface area (Å²) < 4.78 is 5.27. The van der Waals surface area contributed by atoms with Gasteiger partial charge in [0.25, 0.3) is 5.91 Å². The fourth-order valence-electron chi connectivity index (χ4n) is 1.73. The number of halogens is 3. The third-order valence-corrected chi connectivity index (χ3v) is 3.50. The van der Waals surface area contributed by atoms with Crippen molar-refractivity contribution in [2.75, 3.05) is 11.9 Å². The van der Waals surface area contributed by atoms with Crippen LogP contribution < -0.4 is 10.1 Å². The van der Waals surface area contributed by atoms with Gasteiger partial charge in [0.1, 0.15) is 5.75 Å². The molecule has 2 aromatic rings. The van der Waals surface area contributed by atoms with Gasteiger partial charge in [0.05, 0.1) is 16.3 Å². The average molecular weight is 375 g/mol. The van der Waals surface area contributed by atoms with Crippen molar-refractivity contribution in [3.05, 3.63) is 57.0 Å². The van der Waals surface area contributed by atoms with E-state index in [0.29, 0.717) is 10.0 Å². The zero-order chi connectivity index (χ0) is 17.0. The van der Waals surface area contributed by atoms with E-state index in [0.717, 1.165) is 0 Å². The van der Waals surface area contributed by atoms with E-state index in [2.05, 4.69) is 5.32 Å². The van der Waals surface area contributed by atoms with E-state index in [-0.39, 0.29) is 28.6 Å². The number of hydrogen-bond donors (Lipinski definition) is 2. The highest BCUT2D eigenvalue weighted by molar-refractivity contribution is 6.35. The van der Waals surface area contributed by atoms with Crippen LogP contribution in [-0.4, -0.2) is 23.6 Å². The van der Waals surface area contributed by atoms with Crippen LogP contribution in [0.1, 0.15) is 10.4 Å². The number of benzene rings is 2. The summed E-state index contributed by atoms with van der Waals surface area (Å²) in [5, 5.41) is 12.5. The van der Waals surface area contributed by atoms with Crippen LogP contribution in [0.4, 0.5) is 5.69 Å². The summed E-state index contributed by atoms with van der Waals surface area (Å²) >= 11 is 17.5. The van der Waals surface area contributed by atoms with Gasteiger partial charge in [-0.2, -0.15) is 0 Å². The van der Waals surface area contributed by atoms with Crippen LogP contribution in [0.5, 0.6) is 5.75 Å². The normalized spacial score (nSPS) is 10.2. The second-order valence-electron chi connectivity index (χ2n) is 4.41. The maximum atomic E-state index is 11.9. The molecule has 0 radical (unpaired) electrons. The van der Waals surface area contributed by atoms with Gasteiger partial charge < -0.3 is 15.2 Å². The van der Waals surface area contributed by atoms with Gasteiger partial charge in [-0.3, -0.25) is 4.79 Å². The molecule has 0 fully saturated rings. The van der Waals surface area contributed by atoms with Crippen LogP contribution in [0.3, 0.4) is 0 Å². The summed E-state index contributed by atoms with van der Waals surface area (Å²) in [5.41, 5.74) is 0.00748. The Labute approximate surface area is 146 Å². The molecule has 0 aliphatic carbocycles. The molecule has 120 valence electrons. The molecule has 0 aliphatic heterocycles. The second-order valence-corrected chi connectivity index (χ2v) is 5.69. The highest BCUT2D eigenvalue weighted by atomic mass is 35.5. The fraction of sp³-hybridized carbons (Fsp3) is 0.0667. The summed E-state index contributed by atoms with van der Waals surface area (Å²) in [4.78, 5) is 23.0. The third-order valence-electron chi connectivity index (χ3n) is 2.74. The van der Waals surface area contributed by atoms with E-state index in [1.807, 2.05) is 0 Å². The molecule has 0 heterocycles. The molecule has 0 spiro atoms.